The molecule has 126 valence electrons. The van der Waals surface area contributed by atoms with Gasteiger partial charge in [-0.1, -0.05) is 34.1 Å². The molecule has 0 bridgehead atoms. The number of piperidine rings is 1. The molecule has 0 spiro atoms. The van der Waals surface area contributed by atoms with E-state index in [0.29, 0.717) is 25.3 Å². The lowest BCUT2D eigenvalue weighted by molar-refractivity contribution is -0.00674. The fraction of sp³-hybridized carbons (Fsp3) is 0.316. The Balaban J connectivity index is 1.57. The van der Waals surface area contributed by atoms with E-state index in [1.54, 1.807) is 17.0 Å². The van der Waals surface area contributed by atoms with Crippen LogP contribution >= 0.6 is 15.9 Å². The maximum absolute atomic E-state index is 13.3. The Morgan fingerprint density at radius 2 is 2.04 bits per heavy atom. The van der Waals surface area contributed by atoms with Crippen LogP contribution in [0.2, 0.25) is 0 Å². The Morgan fingerprint density at radius 3 is 2.79 bits per heavy atom. The van der Waals surface area contributed by atoms with Gasteiger partial charge in [-0.05, 0) is 48.7 Å². The van der Waals surface area contributed by atoms with Crippen molar-refractivity contribution in [1.29, 1.82) is 0 Å². The van der Waals surface area contributed by atoms with Crippen molar-refractivity contribution in [3.8, 4) is 0 Å². The van der Waals surface area contributed by atoms with Crippen molar-refractivity contribution < 1.29 is 13.9 Å². The van der Waals surface area contributed by atoms with Crippen molar-refractivity contribution >= 4 is 21.8 Å². The molecule has 24 heavy (non-hydrogen) atoms. The molecular formula is C19H19BrFNO2. The number of halogens is 2. The number of carbonyl (C=O) groups excluding carboxylic acids is 1. The van der Waals surface area contributed by atoms with Gasteiger partial charge < -0.3 is 9.64 Å². The quantitative estimate of drug-likeness (QED) is 0.772. The zero-order valence-corrected chi connectivity index (χ0v) is 14.8. The van der Waals surface area contributed by atoms with E-state index >= 15 is 0 Å². The third-order valence-electron chi connectivity index (χ3n) is 4.14. The summed E-state index contributed by atoms with van der Waals surface area (Å²) >= 11 is 3.41. The van der Waals surface area contributed by atoms with Crippen LogP contribution in [-0.2, 0) is 11.3 Å². The van der Waals surface area contributed by atoms with Crippen LogP contribution in [0, 0.1) is 5.82 Å². The van der Waals surface area contributed by atoms with Crippen molar-refractivity contribution in [2.24, 2.45) is 0 Å². The highest BCUT2D eigenvalue weighted by molar-refractivity contribution is 9.10. The standard InChI is InChI=1S/C19H19BrFNO2/c20-16-8-6-14(7-9-16)13-24-18-5-2-10-22(12-18)19(23)15-3-1-4-17(21)11-15/h1,3-4,6-9,11,18H,2,5,10,12-13H2/t18-/m0/s1. The molecule has 3 rings (SSSR count). The predicted molar refractivity (Wildman–Crippen MR) is 94.3 cm³/mol. The molecular weight excluding hydrogens is 373 g/mol. The molecule has 1 fully saturated rings. The fourth-order valence-corrected chi connectivity index (χ4v) is 3.12. The Morgan fingerprint density at radius 1 is 1.25 bits per heavy atom. The number of hydrogen-bond acceptors (Lipinski definition) is 2. The van der Waals surface area contributed by atoms with Gasteiger partial charge in [0.05, 0.1) is 12.7 Å². The molecule has 5 heteroatoms. The number of ether oxygens (including phenoxy) is 1. The van der Waals surface area contributed by atoms with Gasteiger partial charge >= 0.3 is 0 Å². The second-order valence-electron chi connectivity index (χ2n) is 5.96. The number of benzene rings is 2. The van der Waals surface area contributed by atoms with Crippen molar-refractivity contribution in [1.82, 2.24) is 4.90 Å². The lowest BCUT2D eigenvalue weighted by atomic mass is 10.1. The molecule has 1 aliphatic rings. The average molecular weight is 392 g/mol. The van der Waals surface area contributed by atoms with Gasteiger partial charge in [-0.15, -0.1) is 0 Å². The highest BCUT2D eigenvalue weighted by atomic mass is 79.9. The summed E-state index contributed by atoms with van der Waals surface area (Å²) in [6.07, 6.45) is 1.84. The molecule has 1 amide bonds. The van der Waals surface area contributed by atoms with E-state index in [1.807, 2.05) is 24.3 Å². The van der Waals surface area contributed by atoms with Crippen LogP contribution in [0.1, 0.15) is 28.8 Å². The van der Waals surface area contributed by atoms with Gasteiger partial charge in [0.15, 0.2) is 0 Å². The monoisotopic (exact) mass is 391 g/mol. The number of carbonyl (C=O) groups is 1. The van der Waals surface area contributed by atoms with E-state index in [4.69, 9.17) is 4.74 Å². The summed E-state index contributed by atoms with van der Waals surface area (Å²) in [7, 11) is 0. The first-order valence-corrected chi connectivity index (χ1v) is 8.82. The van der Waals surface area contributed by atoms with Crippen LogP contribution in [0.5, 0.6) is 0 Å². The van der Waals surface area contributed by atoms with E-state index in [1.165, 1.54) is 12.1 Å². The predicted octanol–water partition coefficient (Wildman–Crippen LogP) is 4.41. The smallest absolute Gasteiger partial charge is 0.254 e. The molecule has 0 aliphatic carbocycles. The number of amides is 1. The zero-order valence-electron chi connectivity index (χ0n) is 13.3. The molecule has 0 aromatic heterocycles. The summed E-state index contributed by atoms with van der Waals surface area (Å²) in [5.74, 6) is -0.521. The minimum absolute atomic E-state index is 0.0138. The molecule has 1 saturated heterocycles. The highest BCUT2D eigenvalue weighted by Crippen LogP contribution is 2.18. The minimum atomic E-state index is -0.388. The summed E-state index contributed by atoms with van der Waals surface area (Å²) < 4.78 is 20.3. The van der Waals surface area contributed by atoms with Gasteiger partial charge in [0, 0.05) is 23.1 Å². The van der Waals surface area contributed by atoms with Gasteiger partial charge in [0.2, 0.25) is 0 Å². The van der Waals surface area contributed by atoms with Gasteiger partial charge in [-0.3, -0.25) is 4.79 Å². The first kappa shape index (κ1) is 17.1. The van der Waals surface area contributed by atoms with Crippen LogP contribution in [0.3, 0.4) is 0 Å². The molecule has 1 aliphatic heterocycles. The van der Waals surface area contributed by atoms with Crippen LogP contribution in [0.15, 0.2) is 53.0 Å². The number of likely N-dealkylation sites (tertiary alicyclic amines) is 1. The van der Waals surface area contributed by atoms with Crippen molar-refractivity contribution in [3.63, 3.8) is 0 Å². The zero-order chi connectivity index (χ0) is 16.9. The van der Waals surface area contributed by atoms with Crippen LogP contribution < -0.4 is 0 Å². The van der Waals surface area contributed by atoms with Gasteiger partial charge in [0.25, 0.3) is 5.91 Å². The fourth-order valence-electron chi connectivity index (χ4n) is 2.86. The molecule has 0 N–H and O–H groups in total. The Bertz CT molecular complexity index is 705. The Kier molecular flexibility index (Phi) is 5.63. The summed E-state index contributed by atoms with van der Waals surface area (Å²) in [5, 5.41) is 0. The van der Waals surface area contributed by atoms with E-state index in [9.17, 15) is 9.18 Å². The largest absolute Gasteiger partial charge is 0.372 e. The maximum Gasteiger partial charge on any atom is 0.254 e. The third kappa shape index (κ3) is 4.42. The molecule has 0 radical (unpaired) electrons. The minimum Gasteiger partial charge on any atom is -0.372 e. The van der Waals surface area contributed by atoms with Crippen LogP contribution in [0.4, 0.5) is 4.39 Å². The van der Waals surface area contributed by atoms with Crippen LogP contribution in [-0.4, -0.2) is 30.0 Å². The number of rotatable bonds is 4. The second kappa shape index (κ2) is 7.90. The van der Waals surface area contributed by atoms with Crippen molar-refractivity contribution in [2.45, 2.75) is 25.6 Å². The number of hydrogen-bond donors (Lipinski definition) is 0. The summed E-state index contributed by atoms with van der Waals surface area (Å²) in [4.78, 5) is 14.3. The SMILES string of the molecule is O=C(c1cccc(F)c1)N1CCC[C@H](OCc2ccc(Br)cc2)C1. The summed E-state index contributed by atoms with van der Waals surface area (Å²) in [6, 6.07) is 13.8. The molecule has 2 aromatic carbocycles. The average Bonchev–Trinajstić information content (AvgIpc) is 2.61. The molecule has 2 aromatic rings. The molecule has 0 saturated carbocycles. The van der Waals surface area contributed by atoms with E-state index in [-0.39, 0.29) is 17.8 Å². The normalized spacial score (nSPS) is 17.8. The lowest BCUT2D eigenvalue weighted by Gasteiger charge is -2.32. The first-order chi connectivity index (χ1) is 11.6. The Hall–Kier alpha value is -1.72. The van der Waals surface area contributed by atoms with Gasteiger partial charge in [-0.25, -0.2) is 4.39 Å². The van der Waals surface area contributed by atoms with E-state index in [2.05, 4.69) is 15.9 Å². The molecule has 1 heterocycles. The van der Waals surface area contributed by atoms with E-state index < -0.39 is 0 Å². The van der Waals surface area contributed by atoms with Crippen molar-refractivity contribution in [3.05, 3.63) is 69.9 Å². The summed E-state index contributed by atoms with van der Waals surface area (Å²) in [5.41, 5.74) is 1.50. The maximum atomic E-state index is 13.3. The third-order valence-corrected chi connectivity index (χ3v) is 4.66. The molecule has 3 nitrogen and oxygen atoms in total. The number of nitrogens with zero attached hydrogens (tertiary/aromatic N) is 1. The topological polar surface area (TPSA) is 29.5 Å². The Labute approximate surface area is 149 Å². The van der Waals surface area contributed by atoms with Gasteiger partial charge in [0.1, 0.15) is 5.82 Å². The first-order valence-electron chi connectivity index (χ1n) is 8.03. The van der Waals surface area contributed by atoms with Gasteiger partial charge in [-0.2, -0.15) is 0 Å². The van der Waals surface area contributed by atoms with Crippen LogP contribution in [0.25, 0.3) is 0 Å². The molecule has 1 atom stereocenters. The highest BCUT2D eigenvalue weighted by Gasteiger charge is 2.25. The van der Waals surface area contributed by atoms with Crippen molar-refractivity contribution in [2.75, 3.05) is 13.1 Å². The lowest BCUT2D eigenvalue weighted by Crippen LogP contribution is -2.43. The second-order valence-corrected chi connectivity index (χ2v) is 6.88. The summed E-state index contributed by atoms with van der Waals surface area (Å²) in [6.45, 7) is 1.76. The molecule has 0 unspecified atom stereocenters. The van der Waals surface area contributed by atoms with E-state index in [0.717, 1.165) is 22.9 Å².